The maximum atomic E-state index is 13.2. The van der Waals surface area contributed by atoms with Crippen molar-refractivity contribution in [1.82, 2.24) is 19.3 Å². The molecule has 0 bridgehead atoms. The molecule has 0 fully saturated rings. The van der Waals surface area contributed by atoms with Crippen LogP contribution >= 0.6 is 0 Å². The minimum absolute atomic E-state index is 0.0435. The van der Waals surface area contributed by atoms with Crippen LogP contribution in [0.5, 0.6) is 0 Å². The van der Waals surface area contributed by atoms with Gasteiger partial charge >= 0.3 is 0 Å². The Morgan fingerprint density at radius 2 is 1.87 bits per heavy atom. The van der Waals surface area contributed by atoms with Crippen molar-refractivity contribution in [3.63, 3.8) is 0 Å². The van der Waals surface area contributed by atoms with E-state index in [1.165, 1.54) is 23.2 Å². The van der Waals surface area contributed by atoms with Gasteiger partial charge in [0.1, 0.15) is 5.39 Å². The fraction of sp³-hybridized carbons (Fsp3) is 0.143. The molecule has 152 valence electrons. The summed E-state index contributed by atoms with van der Waals surface area (Å²) in [6.45, 7) is 2.05. The van der Waals surface area contributed by atoms with Gasteiger partial charge in [-0.15, -0.1) is 0 Å². The van der Waals surface area contributed by atoms with Crippen LogP contribution in [0, 0.1) is 18.6 Å². The van der Waals surface area contributed by atoms with Crippen LogP contribution in [-0.2, 0) is 11.3 Å². The number of hydrogen-bond donors (Lipinski definition) is 1. The summed E-state index contributed by atoms with van der Waals surface area (Å²) in [4.78, 5) is 29.1. The first-order chi connectivity index (χ1) is 14.4. The van der Waals surface area contributed by atoms with Crippen molar-refractivity contribution >= 4 is 22.6 Å². The molecule has 0 saturated heterocycles. The molecule has 0 aliphatic heterocycles. The fourth-order valence-corrected chi connectivity index (χ4v) is 3.00. The molecule has 0 saturated carbocycles. The second kappa shape index (κ2) is 7.86. The average molecular weight is 409 g/mol. The van der Waals surface area contributed by atoms with Crippen LogP contribution in [0.3, 0.4) is 0 Å². The number of carbonyl (C=O) groups is 1. The summed E-state index contributed by atoms with van der Waals surface area (Å²) in [6, 6.07) is 10.7. The highest BCUT2D eigenvalue weighted by molar-refractivity contribution is 5.90. The summed E-state index contributed by atoms with van der Waals surface area (Å²) >= 11 is 0. The molecule has 1 amide bonds. The maximum absolute atomic E-state index is 13.2. The second-order valence-electron chi connectivity index (χ2n) is 6.80. The van der Waals surface area contributed by atoms with Crippen molar-refractivity contribution in [3.05, 3.63) is 82.5 Å². The van der Waals surface area contributed by atoms with E-state index in [0.717, 1.165) is 23.4 Å². The first kappa shape index (κ1) is 19.4. The minimum atomic E-state index is -1.05. The normalized spacial score (nSPS) is 11.0. The zero-order valence-electron chi connectivity index (χ0n) is 16.0. The van der Waals surface area contributed by atoms with Gasteiger partial charge < -0.3 is 5.32 Å². The summed E-state index contributed by atoms with van der Waals surface area (Å²) in [5.74, 6) is -2.49. The summed E-state index contributed by atoms with van der Waals surface area (Å²) in [7, 11) is 0. The van der Waals surface area contributed by atoms with E-state index in [9.17, 15) is 18.4 Å². The topological polar surface area (TPSA) is 81.8 Å². The first-order valence-electron chi connectivity index (χ1n) is 9.17. The largest absolute Gasteiger partial charge is 0.326 e. The van der Waals surface area contributed by atoms with Crippen molar-refractivity contribution < 1.29 is 13.6 Å². The van der Waals surface area contributed by atoms with Gasteiger partial charge in [0.25, 0.3) is 5.56 Å². The van der Waals surface area contributed by atoms with E-state index in [0.29, 0.717) is 11.0 Å². The van der Waals surface area contributed by atoms with E-state index in [1.54, 1.807) is 4.68 Å². The van der Waals surface area contributed by atoms with E-state index in [4.69, 9.17) is 0 Å². The molecule has 2 aromatic heterocycles. The molecular weight excluding hydrogens is 392 g/mol. The van der Waals surface area contributed by atoms with Crippen LogP contribution in [0.1, 0.15) is 12.0 Å². The predicted octanol–water partition coefficient (Wildman–Crippen LogP) is 3.20. The minimum Gasteiger partial charge on any atom is -0.326 e. The SMILES string of the molecule is Cc1ccc(-n2ncc3c(=O)n(CCC(=O)Nc4ccc(F)c(F)c4)cnc32)cc1. The molecule has 0 atom stereocenters. The monoisotopic (exact) mass is 409 g/mol. The lowest BCUT2D eigenvalue weighted by Gasteiger charge is -2.08. The van der Waals surface area contributed by atoms with E-state index in [2.05, 4.69) is 15.4 Å². The summed E-state index contributed by atoms with van der Waals surface area (Å²) in [5.41, 5.74) is 2.13. The van der Waals surface area contributed by atoms with E-state index < -0.39 is 17.5 Å². The van der Waals surface area contributed by atoms with Gasteiger partial charge in [0.15, 0.2) is 17.3 Å². The van der Waals surface area contributed by atoms with E-state index in [-0.39, 0.29) is 24.2 Å². The summed E-state index contributed by atoms with van der Waals surface area (Å²) in [6.07, 6.45) is 2.77. The van der Waals surface area contributed by atoms with Gasteiger partial charge in [-0.05, 0) is 31.2 Å². The maximum Gasteiger partial charge on any atom is 0.264 e. The Bertz CT molecular complexity index is 1300. The first-order valence-corrected chi connectivity index (χ1v) is 9.17. The molecule has 7 nitrogen and oxygen atoms in total. The molecule has 9 heteroatoms. The molecular formula is C21H17F2N5O2. The molecule has 1 N–H and O–H groups in total. The number of nitrogens with zero attached hydrogens (tertiary/aromatic N) is 4. The number of nitrogens with one attached hydrogen (secondary N) is 1. The zero-order chi connectivity index (χ0) is 21.3. The summed E-state index contributed by atoms with van der Waals surface area (Å²) < 4.78 is 29.1. The molecule has 2 aromatic carbocycles. The van der Waals surface area contributed by atoms with Crippen molar-refractivity contribution in [2.75, 3.05) is 5.32 Å². The van der Waals surface area contributed by atoms with E-state index in [1.807, 2.05) is 31.2 Å². The van der Waals surface area contributed by atoms with Crippen molar-refractivity contribution in [2.45, 2.75) is 19.9 Å². The van der Waals surface area contributed by atoms with Crippen LogP contribution in [0.25, 0.3) is 16.7 Å². The highest BCUT2D eigenvalue weighted by Crippen LogP contribution is 2.15. The number of carbonyl (C=O) groups excluding carboxylic acids is 1. The van der Waals surface area contributed by atoms with Gasteiger partial charge in [0.05, 0.1) is 18.2 Å². The Labute approximate surface area is 169 Å². The lowest BCUT2D eigenvalue weighted by Crippen LogP contribution is -2.23. The van der Waals surface area contributed by atoms with Crippen LogP contribution < -0.4 is 10.9 Å². The predicted molar refractivity (Wildman–Crippen MR) is 107 cm³/mol. The number of aryl methyl sites for hydroxylation is 2. The van der Waals surface area contributed by atoms with Gasteiger partial charge in [-0.3, -0.25) is 14.2 Å². The number of halogens is 2. The number of fused-ring (bicyclic) bond motifs is 1. The zero-order valence-corrected chi connectivity index (χ0v) is 16.0. The Balaban J connectivity index is 1.50. The van der Waals surface area contributed by atoms with Crippen molar-refractivity contribution in [3.8, 4) is 5.69 Å². The Morgan fingerprint density at radius 1 is 1.10 bits per heavy atom. The smallest absolute Gasteiger partial charge is 0.264 e. The van der Waals surface area contributed by atoms with Gasteiger partial charge in [-0.25, -0.2) is 18.4 Å². The molecule has 2 heterocycles. The number of benzene rings is 2. The number of amides is 1. The van der Waals surface area contributed by atoms with Crippen LogP contribution in [-0.4, -0.2) is 25.2 Å². The average Bonchev–Trinajstić information content (AvgIpc) is 3.16. The molecule has 0 unspecified atom stereocenters. The Hall–Kier alpha value is -3.88. The third kappa shape index (κ3) is 3.82. The number of aromatic nitrogens is 4. The van der Waals surface area contributed by atoms with Crippen molar-refractivity contribution in [2.24, 2.45) is 0 Å². The van der Waals surface area contributed by atoms with Crippen LogP contribution in [0.15, 0.2) is 59.8 Å². The van der Waals surface area contributed by atoms with Crippen molar-refractivity contribution in [1.29, 1.82) is 0 Å². The lowest BCUT2D eigenvalue weighted by molar-refractivity contribution is -0.116. The fourth-order valence-electron chi connectivity index (χ4n) is 3.00. The summed E-state index contributed by atoms with van der Waals surface area (Å²) in [5, 5.41) is 7.06. The van der Waals surface area contributed by atoms with Gasteiger partial charge in [0.2, 0.25) is 5.91 Å². The van der Waals surface area contributed by atoms with Gasteiger partial charge in [-0.2, -0.15) is 5.10 Å². The van der Waals surface area contributed by atoms with E-state index >= 15 is 0 Å². The van der Waals surface area contributed by atoms with Crippen LogP contribution in [0.4, 0.5) is 14.5 Å². The quantitative estimate of drug-likeness (QED) is 0.549. The molecule has 0 spiro atoms. The van der Waals surface area contributed by atoms with Crippen LogP contribution in [0.2, 0.25) is 0 Å². The third-order valence-electron chi connectivity index (χ3n) is 4.62. The van der Waals surface area contributed by atoms with Gasteiger partial charge in [0, 0.05) is 24.7 Å². The number of rotatable bonds is 5. The Kier molecular flexibility index (Phi) is 5.09. The number of hydrogen-bond acceptors (Lipinski definition) is 4. The molecule has 0 radical (unpaired) electrons. The highest BCUT2D eigenvalue weighted by Gasteiger charge is 2.13. The molecule has 30 heavy (non-hydrogen) atoms. The highest BCUT2D eigenvalue weighted by atomic mass is 19.2. The third-order valence-corrected chi connectivity index (χ3v) is 4.62. The molecule has 0 aliphatic carbocycles. The lowest BCUT2D eigenvalue weighted by atomic mass is 10.2. The molecule has 4 rings (SSSR count). The Morgan fingerprint density at radius 3 is 2.60 bits per heavy atom. The second-order valence-corrected chi connectivity index (χ2v) is 6.80. The molecule has 4 aromatic rings. The van der Waals surface area contributed by atoms with Gasteiger partial charge in [-0.1, -0.05) is 17.7 Å². The standard InChI is InChI=1S/C21H17F2N5O2/c1-13-2-5-15(6-3-13)28-20-16(11-25-28)21(30)27(12-24-20)9-8-19(29)26-14-4-7-17(22)18(23)10-14/h2-7,10-12H,8-9H2,1H3,(H,26,29). The number of anilines is 1. The molecule has 0 aliphatic rings.